The molecule has 0 nitrogen and oxygen atoms in total. The van der Waals surface area contributed by atoms with Crippen molar-refractivity contribution in [1.82, 2.24) is 0 Å². The van der Waals surface area contributed by atoms with Gasteiger partial charge in [-0.1, -0.05) is 39.1 Å². The maximum absolute atomic E-state index is 13.2. The molecule has 0 spiro atoms. The van der Waals surface area contributed by atoms with Crippen LogP contribution in [0.5, 0.6) is 0 Å². The van der Waals surface area contributed by atoms with E-state index in [1.807, 2.05) is 0 Å². The number of halogens is 4. The first-order valence-electron chi connectivity index (χ1n) is 4.48. The average molecular weight is 320 g/mol. The van der Waals surface area contributed by atoms with Crippen LogP contribution in [-0.4, -0.2) is 0 Å². The van der Waals surface area contributed by atoms with E-state index in [1.165, 1.54) is 12.1 Å². The molecule has 16 heavy (non-hydrogen) atoms. The highest BCUT2D eigenvalue weighted by molar-refractivity contribution is 9.10. The van der Waals surface area contributed by atoms with Crippen LogP contribution in [0.3, 0.4) is 0 Å². The molecule has 0 aliphatic rings. The molecule has 0 saturated heterocycles. The van der Waals surface area contributed by atoms with E-state index in [2.05, 4.69) is 15.9 Å². The van der Waals surface area contributed by atoms with Crippen LogP contribution in [0, 0.1) is 5.82 Å². The van der Waals surface area contributed by atoms with Crippen molar-refractivity contribution in [1.29, 1.82) is 0 Å². The molecule has 2 aromatic carbocycles. The lowest BCUT2D eigenvalue weighted by Gasteiger charge is -2.07. The fourth-order valence-corrected chi connectivity index (χ4v) is 2.26. The number of hydrogen-bond acceptors (Lipinski definition) is 0. The minimum Gasteiger partial charge on any atom is -0.207 e. The molecule has 0 aliphatic carbocycles. The summed E-state index contributed by atoms with van der Waals surface area (Å²) in [5, 5.41) is 1.10. The lowest BCUT2D eigenvalue weighted by Crippen LogP contribution is -1.84. The molecule has 0 fully saturated rings. The van der Waals surface area contributed by atoms with Crippen LogP contribution in [0.2, 0.25) is 10.0 Å². The average Bonchev–Trinajstić information content (AvgIpc) is 2.25. The Hall–Kier alpha value is -0.570. The molecule has 2 rings (SSSR count). The lowest BCUT2D eigenvalue weighted by atomic mass is 10.1. The molecule has 0 bridgehead atoms. The monoisotopic (exact) mass is 318 g/mol. The van der Waals surface area contributed by atoms with Crippen molar-refractivity contribution in [3.8, 4) is 11.1 Å². The van der Waals surface area contributed by atoms with Gasteiger partial charge < -0.3 is 0 Å². The maximum atomic E-state index is 13.2. The van der Waals surface area contributed by atoms with E-state index < -0.39 is 0 Å². The summed E-state index contributed by atoms with van der Waals surface area (Å²) in [4.78, 5) is 0. The van der Waals surface area contributed by atoms with Gasteiger partial charge in [0.1, 0.15) is 5.82 Å². The Morgan fingerprint density at radius 1 is 0.938 bits per heavy atom. The Balaban J connectivity index is 2.66. The van der Waals surface area contributed by atoms with Crippen molar-refractivity contribution in [2.75, 3.05) is 0 Å². The van der Waals surface area contributed by atoms with E-state index >= 15 is 0 Å². The van der Waals surface area contributed by atoms with Crippen molar-refractivity contribution in [3.05, 3.63) is 56.7 Å². The van der Waals surface area contributed by atoms with E-state index in [9.17, 15) is 4.39 Å². The fraction of sp³-hybridized carbons (Fsp3) is 0. The summed E-state index contributed by atoms with van der Waals surface area (Å²) in [6.07, 6.45) is 0. The van der Waals surface area contributed by atoms with Crippen LogP contribution in [-0.2, 0) is 0 Å². The second-order valence-electron chi connectivity index (χ2n) is 3.25. The molecule has 2 aromatic rings. The van der Waals surface area contributed by atoms with Crippen LogP contribution in [0.15, 0.2) is 40.9 Å². The van der Waals surface area contributed by atoms with Crippen molar-refractivity contribution in [3.63, 3.8) is 0 Å². The van der Waals surface area contributed by atoms with E-state index in [4.69, 9.17) is 23.2 Å². The number of benzene rings is 2. The molecule has 0 saturated carbocycles. The van der Waals surface area contributed by atoms with Gasteiger partial charge in [0.2, 0.25) is 0 Å². The Morgan fingerprint density at radius 3 is 2.44 bits per heavy atom. The van der Waals surface area contributed by atoms with Gasteiger partial charge in [-0.3, -0.25) is 0 Å². The molecule has 0 atom stereocenters. The molecular formula is C12H6BrCl2F. The standard InChI is InChI=1S/C12H6BrCl2F/c13-11-3-2-8(16)6-9(11)10-5-7(14)1-4-12(10)15/h1-6H. The summed E-state index contributed by atoms with van der Waals surface area (Å²) in [5.74, 6) is -0.311. The molecule has 0 radical (unpaired) electrons. The molecule has 82 valence electrons. The number of rotatable bonds is 1. The van der Waals surface area contributed by atoms with Crippen LogP contribution in [0.4, 0.5) is 4.39 Å². The minimum atomic E-state index is -0.311. The van der Waals surface area contributed by atoms with Crippen molar-refractivity contribution < 1.29 is 4.39 Å². The van der Waals surface area contributed by atoms with Gasteiger partial charge in [-0.25, -0.2) is 4.39 Å². The fourth-order valence-electron chi connectivity index (χ4n) is 1.41. The Labute approximate surface area is 111 Å². The number of hydrogen-bond donors (Lipinski definition) is 0. The zero-order chi connectivity index (χ0) is 11.7. The Bertz CT molecular complexity index is 491. The van der Waals surface area contributed by atoms with E-state index in [1.54, 1.807) is 24.3 Å². The SMILES string of the molecule is Fc1ccc(Br)c(-c2cc(Cl)ccc2Cl)c1. The molecule has 4 heteroatoms. The van der Waals surface area contributed by atoms with Crippen molar-refractivity contribution in [2.45, 2.75) is 0 Å². The third-order valence-corrected chi connectivity index (χ3v) is 3.40. The van der Waals surface area contributed by atoms with Crippen LogP contribution in [0.25, 0.3) is 11.1 Å². The smallest absolute Gasteiger partial charge is 0.123 e. The van der Waals surface area contributed by atoms with Crippen molar-refractivity contribution >= 4 is 39.1 Å². The maximum Gasteiger partial charge on any atom is 0.123 e. The topological polar surface area (TPSA) is 0 Å². The van der Waals surface area contributed by atoms with Gasteiger partial charge in [0.05, 0.1) is 0 Å². The first-order valence-corrected chi connectivity index (χ1v) is 6.03. The third kappa shape index (κ3) is 2.40. The zero-order valence-corrected chi connectivity index (χ0v) is 11.1. The first kappa shape index (κ1) is 11.9. The molecule has 0 unspecified atom stereocenters. The first-order chi connectivity index (χ1) is 7.58. The van der Waals surface area contributed by atoms with Gasteiger partial charge in [0.15, 0.2) is 0 Å². The van der Waals surface area contributed by atoms with Gasteiger partial charge >= 0.3 is 0 Å². The summed E-state index contributed by atoms with van der Waals surface area (Å²) in [5.41, 5.74) is 1.40. The molecule has 0 aliphatic heterocycles. The van der Waals surface area contributed by atoms with Crippen LogP contribution >= 0.6 is 39.1 Å². The van der Waals surface area contributed by atoms with Gasteiger partial charge in [0.25, 0.3) is 0 Å². The normalized spacial score (nSPS) is 10.5. The zero-order valence-electron chi connectivity index (χ0n) is 7.98. The Kier molecular flexibility index (Phi) is 3.53. The summed E-state index contributed by atoms with van der Waals surface area (Å²) < 4.78 is 13.9. The van der Waals surface area contributed by atoms with Crippen LogP contribution in [0.1, 0.15) is 0 Å². The molecule has 0 aromatic heterocycles. The Morgan fingerprint density at radius 2 is 1.69 bits per heavy atom. The summed E-state index contributed by atoms with van der Waals surface area (Å²) in [6.45, 7) is 0. The molecule has 0 amide bonds. The second-order valence-corrected chi connectivity index (χ2v) is 4.95. The molecular weight excluding hydrogens is 314 g/mol. The highest BCUT2D eigenvalue weighted by Gasteiger charge is 2.09. The van der Waals surface area contributed by atoms with E-state index in [-0.39, 0.29) is 5.82 Å². The van der Waals surface area contributed by atoms with Gasteiger partial charge in [-0.15, -0.1) is 0 Å². The largest absolute Gasteiger partial charge is 0.207 e. The molecule has 0 N–H and O–H groups in total. The van der Waals surface area contributed by atoms with Gasteiger partial charge in [-0.2, -0.15) is 0 Å². The van der Waals surface area contributed by atoms with Crippen LogP contribution < -0.4 is 0 Å². The minimum absolute atomic E-state index is 0.311. The van der Waals surface area contributed by atoms with E-state index in [0.717, 1.165) is 4.47 Å². The third-order valence-electron chi connectivity index (χ3n) is 2.15. The van der Waals surface area contributed by atoms with E-state index in [0.29, 0.717) is 21.2 Å². The second kappa shape index (κ2) is 4.74. The summed E-state index contributed by atoms with van der Waals surface area (Å²) in [7, 11) is 0. The lowest BCUT2D eigenvalue weighted by molar-refractivity contribution is 0.628. The highest BCUT2D eigenvalue weighted by atomic mass is 79.9. The quantitative estimate of drug-likeness (QED) is 0.645. The predicted octanol–water partition coefficient (Wildman–Crippen LogP) is 5.56. The highest BCUT2D eigenvalue weighted by Crippen LogP contribution is 2.35. The van der Waals surface area contributed by atoms with Crippen molar-refractivity contribution in [2.24, 2.45) is 0 Å². The van der Waals surface area contributed by atoms with Gasteiger partial charge in [0, 0.05) is 25.6 Å². The predicted molar refractivity (Wildman–Crippen MR) is 69.6 cm³/mol. The summed E-state index contributed by atoms with van der Waals surface area (Å²) >= 11 is 15.3. The summed E-state index contributed by atoms with van der Waals surface area (Å²) in [6, 6.07) is 9.54. The van der Waals surface area contributed by atoms with Gasteiger partial charge in [-0.05, 0) is 36.4 Å². The molecule has 0 heterocycles.